The van der Waals surface area contributed by atoms with Crippen molar-refractivity contribution in [2.75, 3.05) is 13.2 Å². The molecule has 3 heterocycles. The number of rotatable bonds is 3. The molecule has 2 aliphatic heterocycles. The molecular formula is C19H24BNO4S. The summed E-state index contributed by atoms with van der Waals surface area (Å²) in [6.45, 7) is 9.73. The van der Waals surface area contributed by atoms with Gasteiger partial charge < -0.3 is 18.8 Å². The predicted molar refractivity (Wildman–Crippen MR) is 103 cm³/mol. The van der Waals surface area contributed by atoms with Crippen molar-refractivity contribution in [2.45, 2.75) is 51.6 Å². The summed E-state index contributed by atoms with van der Waals surface area (Å²) in [5.41, 5.74) is 1.42. The van der Waals surface area contributed by atoms with Crippen LogP contribution in [0.15, 0.2) is 30.5 Å². The van der Waals surface area contributed by atoms with E-state index in [2.05, 4.69) is 44.8 Å². The minimum Gasteiger partial charge on any atom is -0.399 e. The van der Waals surface area contributed by atoms with Gasteiger partial charge in [0, 0.05) is 17.3 Å². The first-order valence-electron chi connectivity index (χ1n) is 9.01. The number of hydrogen-bond acceptors (Lipinski definition) is 6. The van der Waals surface area contributed by atoms with Crippen molar-refractivity contribution in [3.8, 4) is 10.6 Å². The number of ether oxygens (including phenoxy) is 2. The standard InChI is InChI=1S/C19H24BNO4S/c1-18(2)19(3,4)25-20(24-18)15-12-21-16(26-15)13-6-8-14(9-7-13)17-22-10-5-11-23-17/h6-9,12,17H,5,10-11H2,1-4H3. The zero-order valence-corrected chi connectivity index (χ0v) is 16.5. The normalized spacial score (nSPS) is 22.7. The topological polar surface area (TPSA) is 49.8 Å². The average molecular weight is 373 g/mol. The molecule has 1 aromatic heterocycles. The van der Waals surface area contributed by atoms with E-state index in [4.69, 9.17) is 18.8 Å². The van der Waals surface area contributed by atoms with Gasteiger partial charge >= 0.3 is 7.12 Å². The molecule has 2 aliphatic rings. The Morgan fingerprint density at radius 1 is 1.00 bits per heavy atom. The number of nitrogens with zero attached hydrogens (tertiary/aromatic N) is 1. The lowest BCUT2D eigenvalue weighted by molar-refractivity contribution is -0.183. The highest BCUT2D eigenvalue weighted by Gasteiger charge is 2.52. The van der Waals surface area contributed by atoms with E-state index in [1.165, 1.54) is 0 Å². The van der Waals surface area contributed by atoms with Gasteiger partial charge in [0.25, 0.3) is 0 Å². The van der Waals surface area contributed by atoms with E-state index in [9.17, 15) is 0 Å². The van der Waals surface area contributed by atoms with Crippen LogP contribution in [0.2, 0.25) is 0 Å². The molecule has 2 aromatic rings. The monoisotopic (exact) mass is 373 g/mol. The molecule has 1 aromatic carbocycles. The molecule has 2 saturated heterocycles. The van der Waals surface area contributed by atoms with E-state index in [-0.39, 0.29) is 24.6 Å². The van der Waals surface area contributed by atoms with Crippen LogP contribution >= 0.6 is 11.3 Å². The molecule has 0 bridgehead atoms. The second kappa shape index (κ2) is 6.73. The van der Waals surface area contributed by atoms with Gasteiger partial charge in [-0.3, -0.25) is 0 Å². The third kappa shape index (κ3) is 3.34. The molecule has 4 rings (SSSR count). The Kier molecular flexibility index (Phi) is 4.69. The van der Waals surface area contributed by atoms with Gasteiger partial charge in [-0.1, -0.05) is 24.3 Å². The Bertz CT molecular complexity index is 752. The predicted octanol–water partition coefficient (Wildman–Crippen LogP) is 3.54. The van der Waals surface area contributed by atoms with Crippen LogP contribution in [-0.2, 0) is 18.8 Å². The van der Waals surface area contributed by atoms with Crippen LogP contribution in [0.5, 0.6) is 0 Å². The summed E-state index contributed by atoms with van der Waals surface area (Å²) in [5, 5.41) is 0.951. The summed E-state index contributed by atoms with van der Waals surface area (Å²) in [5.74, 6) is 0. The maximum atomic E-state index is 6.11. The third-order valence-corrected chi connectivity index (χ3v) is 6.33. The number of aromatic nitrogens is 1. The van der Waals surface area contributed by atoms with E-state index in [1.807, 2.05) is 18.3 Å². The Labute approximate surface area is 158 Å². The summed E-state index contributed by atoms with van der Waals surface area (Å²) < 4.78 is 24.5. The Morgan fingerprint density at radius 2 is 1.62 bits per heavy atom. The van der Waals surface area contributed by atoms with Crippen molar-refractivity contribution in [1.82, 2.24) is 4.98 Å². The Balaban J connectivity index is 1.50. The second-order valence-electron chi connectivity index (χ2n) is 7.71. The van der Waals surface area contributed by atoms with Gasteiger partial charge in [-0.15, -0.1) is 11.3 Å². The van der Waals surface area contributed by atoms with Gasteiger partial charge in [0.1, 0.15) is 5.01 Å². The van der Waals surface area contributed by atoms with E-state index < -0.39 is 0 Å². The fourth-order valence-electron chi connectivity index (χ4n) is 2.95. The average Bonchev–Trinajstić information content (AvgIpc) is 3.19. The number of hydrogen-bond donors (Lipinski definition) is 0. The van der Waals surface area contributed by atoms with Crippen LogP contribution in [0, 0.1) is 0 Å². The minimum absolute atomic E-state index is 0.255. The molecule has 0 spiro atoms. The van der Waals surface area contributed by atoms with E-state index in [0.717, 1.165) is 40.5 Å². The van der Waals surface area contributed by atoms with Gasteiger partial charge in [0.2, 0.25) is 0 Å². The van der Waals surface area contributed by atoms with Gasteiger partial charge in [-0.25, -0.2) is 4.98 Å². The van der Waals surface area contributed by atoms with Crippen LogP contribution in [0.1, 0.15) is 46.0 Å². The first-order valence-corrected chi connectivity index (χ1v) is 9.82. The highest BCUT2D eigenvalue weighted by Crippen LogP contribution is 2.37. The molecule has 0 radical (unpaired) electrons. The molecule has 7 heteroatoms. The lowest BCUT2D eigenvalue weighted by Gasteiger charge is -2.32. The SMILES string of the molecule is CC1(C)OB(c2cnc(-c3ccc(C4OCCCO4)cc3)s2)OC1(C)C. The van der Waals surface area contributed by atoms with E-state index in [1.54, 1.807) is 11.3 Å². The van der Waals surface area contributed by atoms with Crippen molar-refractivity contribution in [3.05, 3.63) is 36.0 Å². The minimum atomic E-state index is -0.366. The van der Waals surface area contributed by atoms with Crippen LogP contribution in [0.4, 0.5) is 0 Å². The Morgan fingerprint density at radius 3 is 2.23 bits per heavy atom. The van der Waals surface area contributed by atoms with Crippen LogP contribution in [-0.4, -0.2) is 36.5 Å². The zero-order valence-electron chi connectivity index (χ0n) is 15.7. The van der Waals surface area contributed by atoms with E-state index in [0.29, 0.717) is 0 Å². The quantitative estimate of drug-likeness (QED) is 0.771. The van der Waals surface area contributed by atoms with Crippen molar-refractivity contribution in [1.29, 1.82) is 0 Å². The highest BCUT2D eigenvalue weighted by atomic mass is 32.1. The summed E-state index contributed by atoms with van der Waals surface area (Å²) in [6, 6.07) is 8.20. The third-order valence-electron chi connectivity index (χ3n) is 5.27. The molecule has 138 valence electrons. The molecule has 0 unspecified atom stereocenters. The summed E-state index contributed by atoms with van der Waals surface area (Å²) in [4.78, 5) is 4.56. The first kappa shape index (κ1) is 18.1. The highest BCUT2D eigenvalue weighted by molar-refractivity contribution is 7.24. The van der Waals surface area contributed by atoms with Crippen molar-refractivity contribution in [3.63, 3.8) is 0 Å². The second-order valence-corrected chi connectivity index (χ2v) is 8.77. The molecule has 0 saturated carbocycles. The van der Waals surface area contributed by atoms with Gasteiger partial charge in [0.05, 0.1) is 29.2 Å². The molecular weight excluding hydrogens is 349 g/mol. The molecule has 5 nitrogen and oxygen atoms in total. The summed E-state index contributed by atoms with van der Waals surface area (Å²) in [7, 11) is -0.366. The fourth-order valence-corrected chi connectivity index (χ4v) is 3.83. The maximum absolute atomic E-state index is 6.11. The van der Waals surface area contributed by atoms with E-state index >= 15 is 0 Å². The lowest BCUT2D eigenvalue weighted by Crippen LogP contribution is -2.41. The molecule has 0 atom stereocenters. The zero-order chi connectivity index (χ0) is 18.4. The fraction of sp³-hybridized carbons (Fsp3) is 0.526. The van der Waals surface area contributed by atoms with Crippen LogP contribution < -0.4 is 4.78 Å². The summed E-state index contributed by atoms with van der Waals surface area (Å²) >= 11 is 1.60. The Hall–Kier alpha value is -1.25. The van der Waals surface area contributed by atoms with Gasteiger partial charge in [-0.2, -0.15) is 0 Å². The lowest BCUT2D eigenvalue weighted by atomic mass is 9.89. The van der Waals surface area contributed by atoms with Gasteiger partial charge in [-0.05, 0) is 34.1 Å². The van der Waals surface area contributed by atoms with Crippen molar-refractivity contribution in [2.24, 2.45) is 0 Å². The molecule has 26 heavy (non-hydrogen) atoms. The molecule has 0 N–H and O–H groups in total. The van der Waals surface area contributed by atoms with Crippen LogP contribution in [0.3, 0.4) is 0 Å². The number of benzene rings is 1. The molecule has 0 amide bonds. The summed E-state index contributed by atoms with van der Waals surface area (Å²) in [6.07, 6.45) is 2.55. The largest absolute Gasteiger partial charge is 0.507 e. The number of thiazole rings is 1. The van der Waals surface area contributed by atoms with Crippen molar-refractivity contribution < 1.29 is 18.8 Å². The van der Waals surface area contributed by atoms with Crippen molar-refractivity contribution >= 4 is 23.2 Å². The smallest absolute Gasteiger partial charge is 0.399 e. The van der Waals surface area contributed by atoms with Crippen LogP contribution in [0.25, 0.3) is 10.6 Å². The first-order chi connectivity index (χ1) is 12.4. The maximum Gasteiger partial charge on any atom is 0.507 e. The molecule has 2 fully saturated rings. The molecule has 0 aliphatic carbocycles. The van der Waals surface area contributed by atoms with Gasteiger partial charge in [0.15, 0.2) is 6.29 Å².